The van der Waals surface area contributed by atoms with E-state index in [4.69, 9.17) is 0 Å². The summed E-state index contributed by atoms with van der Waals surface area (Å²) in [5.74, 6) is 0.224. The summed E-state index contributed by atoms with van der Waals surface area (Å²) in [6, 6.07) is 6.92. The summed E-state index contributed by atoms with van der Waals surface area (Å²) in [6.07, 6.45) is 10.1. The van der Waals surface area contributed by atoms with Crippen molar-refractivity contribution in [1.82, 2.24) is 0 Å². The van der Waals surface area contributed by atoms with Gasteiger partial charge in [-0.25, -0.2) is 0 Å². The molecule has 0 aliphatic rings. The van der Waals surface area contributed by atoms with Gasteiger partial charge in [0.2, 0.25) is 0 Å². The van der Waals surface area contributed by atoms with E-state index in [0.29, 0.717) is 0 Å². The maximum Gasteiger partial charge on any atom is 0.294 e. The van der Waals surface area contributed by atoms with Gasteiger partial charge in [-0.2, -0.15) is 8.42 Å². The van der Waals surface area contributed by atoms with Crippen LogP contribution in [-0.4, -0.2) is 13.0 Å². The zero-order valence-corrected chi connectivity index (χ0v) is 14.7. The van der Waals surface area contributed by atoms with Crippen LogP contribution in [0.1, 0.15) is 83.1 Å². The molecule has 0 saturated carbocycles. The second-order valence-corrected chi connectivity index (χ2v) is 7.44. The van der Waals surface area contributed by atoms with Crippen molar-refractivity contribution in [2.24, 2.45) is 0 Å². The summed E-state index contributed by atoms with van der Waals surface area (Å²) < 4.78 is 32.7. The molecule has 0 saturated heterocycles. The highest BCUT2D eigenvalue weighted by Gasteiger charge is 2.21. The molecular weight excluding hydrogens is 296 g/mol. The Morgan fingerprint density at radius 2 is 1.45 bits per heavy atom. The van der Waals surface area contributed by atoms with E-state index in [1.807, 2.05) is 12.1 Å². The van der Waals surface area contributed by atoms with Crippen LogP contribution in [0.4, 0.5) is 0 Å². The first-order valence-corrected chi connectivity index (χ1v) is 10.0. The third kappa shape index (κ3) is 6.49. The Labute approximate surface area is 135 Å². The van der Waals surface area contributed by atoms with Crippen molar-refractivity contribution in [2.75, 3.05) is 0 Å². The van der Waals surface area contributed by atoms with E-state index in [1.54, 1.807) is 6.07 Å². The lowest BCUT2D eigenvalue weighted by Gasteiger charge is -2.19. The van der Waals surface area contributed by atoms with Crippen molar-refractivity contribution < 1.29 is 13.0 Å². The molecule has 1 atom stereocenters. The van der Waals surface area contributed by atoms with Crippen LogP contribution in [0.15, 0.2) is 29.2 Å². The first kappa shape index (κ1) is 19.2. The standard InChI is InChI=1S/C18H30O3S/c1-3-5-7-9-13-16(12-8-6-4-2)17-14-10-11-15-18(17)22(19,20)21/h10-11,14-16H,3-9,12-13H2,1-2H3,(H,19,20,21). The van der Waals surface area contributed by atoms with E-state index in [2.05, 4.69) is 13.8 Å². The Kier molecular flexibility index (Phi) is 8.72. The molecular formula is C18H30O3S. The molecule has 1 aromatic carbocycles. The fraction of sp³-hybridized carbons (Fsp3) is 0.667. The predicted octanol–water partition coefficient (Wildman–Crippen LogP) is 5.57. The van der Waals surface area contributed by atoms with Gasteiger partial charge in [-0.3, -0.25) is 4.55 Å². The van der Waals surface area contributed by atoms with Crippen LogP contribution in [0.3, 0.4) is 0 Å². The van der Waals surface area contributed by atoms with Crippen LogP contribution in [0, 0.1) is 0 Å². The van der Waals surface area contributed by atoms with E-state index in [9.17, 15) is 13.0 Å². The highest BCUT2D eigenvalue weighted by Crippen LogP contribution is 2.32. The average Bonchev–Trinajstić information content (AvgIpc) is 2.49. The fourth-order valence-electron chi connectivity index (χ4n) is 2.97. The molecule has 0 fully saturated rings. The second kappa shape index (κ2) is 10.0. The molecule has 0 aliphatic heterocycles. The maximum absolute atomic E-state index is 11.6. The fourth-order valence-corrected chi connectivity index (χ4v) is 3.75. The minimum Gasteiger partial charge on any atom is -0.282 e. The summed E-state index contributed by atoms with van der Waals surface area (Å²) in [4.78, 5) is 0.0898. The number of hydrogen-bond acceptors (Lipinski definition) is 2. The quantitative estimate of drug-likeness (QED) is 0.427. The first-order valence-electron chi connectivity index (χ1n) is 8.57. The number of unbranched alkanes of at least 4 members (excludes halogenated alkanes) is 5. The zero-order valence-electron chi connectivity index (χ0n) is 13.9. The van der Waals surface area contributed by atoms with Crippen molar-refractivity contribution in [3.63, 3.8) is 0 Å². The lowest BCUT2D eigenvalue weighted by molar-refractivity contribution is 0.470. The Balaban J connectivity index is 2.89. The molecule has 1 aromatic rings. The monoisotopic (exact) mass is 326 g/mol. The molecule has 4 heteroatoms. The topological polar surface area (TPSA) is 54.4 Å². The molecule has 0 heterocycles. The highest BCUT2D eigenvalue weighted by molar-refractivity contribution is 7.85. The Morgan fingerprint density at radius 1 is 0.909 bits per heavy atom. The largest absolute Gasteiger partial charge is 0.294 e. The Morgan fingerprint density at radius 3 is 2.05 bits per heavy atom. The van der Waals surface area contributed by atoms with Crippen LogP contribution >= 0.6 is 0 Å². The third-order valence-corrected chi connectivity index (χ3v) is 5.13. The van der Waals surface area contributed by atoms with Crippen LogP contribution in [0.25, 0.3) is 0 Å². The van der Waals surface area contributed by atoms with Crippen molar-refractivity contribution in [1.29, 1.82) is 0 Å². The molecule has 0 bridgehead atoms. The first-order chi connectivity index (χ1) is 10.5. The SMILES string of the molecule is CCCCCCC(CCCCC)c1ccccc1S(=O)(=O)O. The van der Waals surface area contributed by atoms with Gasteiger partial charge in [0.1, 0.15) is 0 Å². The van der Waals surface area contributed by atoms with Crippen molar-refractivity contribution >= 4 is 10.1 Å². The van der Waals surface area contributed by atoms with Gasteiger partial charge in [-0.15, -0.1) is 0 Å². The van der Waals surface area contributed by atoms with Gasteiger partial charge in [-0.05, 0) is 30.4 Å². The Hall–Kier alpha value is -0.870. The molecule has 1 unspecified atom stereocenters. The predicted molar refractivity (Wildman–Crippen MR) is 91.9 cm³/mol. The van der Waals surface area contributed by atoms with Gasteiger partial charge in [0.15, 0.2) is 0 Å². The summed E-state index contributed by atoms with van der Waals surface area (Å²) in [5.41, 5.74) is 0.789. The summed E-state index contributed by atoms with van der Waals surface area (Å²) in [6.45, 7) is 4.36. The van der Waals surface area contributed by atoms with Crippen LogP contribution in [0.5, 0.6) is 0 Å². The summed E-state index contributed by atoms with van der Waals surface area (Å²) in [7, 11) is -4.14. The number of hydrogen-bond donors (Lipinski definition) is 1. The minimum absolute atomic E-state index is 0.0898. The van der Waals surface area contributed by atoms with E-state index in [1.165, 1.54) is 31.7 Å². The summed E-state index contributed by atoms with van der Waals surface area (Å²) >= 11 is 0. The van der Waals surface area contributed by atoms with Crippen molar-refractivity contribution in [3.8, 4) is 0 Å². The van der Waals surface area contributed by atoms with Gasteiger partial charge in [-0.1, -0.05) is 77.0 Å². The van der Waals surface area contributed by atoms with E-state index < -0.39 is 10.1 Å². The molecule has 126 valence electrons. The molecule has 0 amide bonds. The number of rotatable bonds is 11. The van der Waals surface area contributed by atoms with Gasteiger partial charge in [0.25, 0.3) is 10.1 Å². The van der Waals surface area contributed by atoms with Gasteiger partial charge >= 0.3 is 0 Å². The normalized spacial score (nSPS) is 13.2. The third-order valence-electron chi connectivity index (χ3n) is 4.20. The molecule has 1 N–H and O–H groups in total. The second-order valence-electron chi connectivity index (χ2n) is 6.05. The molecule has 3 nitrogen and oxygen atoms in total. The highest BCUT2D eigenvalue weighted by atomic mass is 32.2. The lowest BCUT2D eigenvalue weighted by atomic mass is 9.88. The molecule has 0 aromatic heterocycles. The molecule has 0 aliphatic carbocycles. The number of benzene rings is 1. The zero-order chi connectivity index (χ0) is 16.4. The van der Waals surface area contributed by atoms with Gasteiger partial charge < -0.3 is 0 Å². The van der Waals surface area contributed by atoms with E-state index in [-0.39, 0.29) is 10.8 Å². The van der Waals surface area contributed by atoms with Crippen LogP contribution < -0.4 is 0 Å². The molecule has 0 spiro atoms. The summed E-state index contributed by atoms with van der Waals surface area (Å²) in [5, 5.41) is 0. The Bertz CT molecular complexity index is 523. The lowest BCUT2D eigenvalue weighted by Crippen LogP contribution is -2.08. The van der Waals surface area contributed by atoms with Gasteiger partial charge in [0, 0.05) is 0 Å². The van der Waals surface area contributed by atoms with Crippen molar-refractivity contribution in [3.05, 3.63) is 29.8 Å². The van der Waals surface area contributed by atoms with E-state index in [0.717, 1.165) is 37.7 Å². The average molecular weight is 327 g/mol. The smallest absolute Gasteiger partial charge is 0.282 e. The van der Waals surface area contributed by atoms with Crippen LogP contribution in [0.2, 0.25) is 0 Å². The molecule has 0 radical (unpaired) electrons. The van der Waals surface area contributed by atoms with Gasteiger partial charge in [0.05, 0.1) is 4.90 Å². The molecule has 22 heavy (non-hydrogen) atoms. The molecule has 1 rings (SSSR count). The minimum atomic E-state index is -4.14. The van der Waals surface area contributed by atoms with Crippen molar-refractivity contribution in [2.45, 2.75) is 82.4 Å². The van der Waals surface area contributed by atoms with E-state index >= 15 is 0 Å². The van der Waals surface area contributed by atoms with Crippen LogP contribution in [-0.2, 0) is 10.1 Å². The maximum atomic E-state index is 11.6.